The van der Waals surface area contributed by atoms with E-state index in [1.165, 1.54) is 11.1 Å². The van der Waals surface area contributed by atoms with Crippen molar-refractivity contribution in [1.29, 1.82) is 0 Å². The Morgan fingerprint density at radius 2 is 0.737 bits per heavy atom. The fourth-order valence-electron chi connectivity index (χ4n) is 7.35. The van der Waals surface area contributed by atoms with E-state index in [0.717, 1.165) is 35.8 Å². The molecule has 0 aliphatic heterocycles. The number of halogens is 2. The van der Waals surface area contributed by atoms with Gasteiger partial charge in [0.2, 0.25) is 0 Å². The predicted molar refractivity (Wildman–Crippen MR) is 311 cm³/mol. The average molecular weight is 1060 g/mol. The van der Waals surface area contributed by atoms with Crippen molar-refractivity contribution in [3.05, 3.63) is 179 Å². The van der Waals surface area contributed by atoms with Gasteiger partial charge < -0.3 is 15.5 Å². The van der Waals surface area contributed by atoms with E-state index in [9.17, 15) is 22.3 Å². The summed E-state index contributed by atoms with van der Waals surface area (Å²) in [6.07, 6.45) is 25.8. The second-order valence-corrected chi connectivity index (χ2v) is 19.8. The standard InChI is InChI=1S/C14H19NO3S.2C13H16FN.C13H17NO.C10H15NO/c1-4-10-15(2)14(12-18-19(3,16)17)11-13-8-6-5-7-9-13;2*1-3-9-15(2)13(11-14)10-12-7-5-4-6-8-12;1-3-9-14(2)13(11-15)10-12-7-5-4-6-8-12;1-11-10(8-12)7-9-5-3-2-4-6-9/h1,5-9,14H,10-12H2,2-3H3;2*1,4-8,13H,9-11H2,2H3;1,4-8,13,15H,9-11H2,2H3;2-6,10-12H,7-8H2,1H3/t14-;3*13-;10-/m00000/s1/i;14-1;;;. The third-order valence-electron chi connectivity index (χ3n) is 12.1. The third-order valence-corrected chi connectivity index (χ3v) is 12.7. The number of aliphatic hydroxyl groups is 2. The molecule has 0 heterocycles. The van der Waals surface area contributed by atoms with Crippen LogP contribution in [-0.2, 0) is 46.4 Å². The number of terminal acetylenes is 4. The molecular formula is C63H83F2N5O5S. The number of likely N-dealkylation sites (N-methyl/N-ethyl adjacent to an activating group) is 5. The summed E-state index contributed by atoms with van der Waals surface area (Å²) < 4.78 is 52.7. The minimum absolute atomic E-state index is 0.0758. The molecule has 76 heavy (non-hydrogen) atoms. The molecule has 0 unspecified atom stereocenters. The highest BCUT2D eigenvalue weighted by Crippen LogP contribution is 2.12. The molecule has 0 bridgehead atoms. The van der Waals surface area contributed by atoms with E-state index in [2.05, 4.69) is 53.3 Å². The van der Waals surface area contributed by atoms with Crippen LogP contribution in [0.15, 0.2) is 152 Å². The zero-order chi connectivity index (χ0) is 56.4. The van der Waals surface area contributed by atoms with Gasteiger partial charge in [-0.05, 0) is 95.2 Å². The lowest BCUT2D eigenvalue weighted by molar-refractivity contribution is 0.158. The SMILES string of the molecule is C#CCN(C)[C@H](CF)Cc1ccccc1.C#CCN(C)[C@H](CO)Cc1ccccc1.C#CCN(C)[C@H](COS(C)(=O)=O)Cc1ccccc1.C#CCN(C)[C@H](C[18F])Cc1ccccc1.CN[C@H](CO)Cc1ccccc1. The zero-order valence-electron chi connectivity index (χ0n) is 45.6. The second-order valence-electron chi connectivity index (χ2n) is 18.2. The molecule has 0 aliphatic rings. The molecule has 0 radical (unpaired) electrons. The van der Waals surface area contributed by atoms with Gasteiger partial charge in [0.1, 0.15) is 13.3 Å². The summed E-state index contributed by atoms with van der Waals surface area (Å²) in [5, 5.41) is 21.2. The van der Waals surface area contributed by atoms with E-state index >= 15 is 0 Å². The molecule has 3 N–H and O–H groups in total. The van der Waals surface area contributed by atoms with Gasteiger partial charge in [-0.2, -0.15) is 8.42 Å². The van der Waals surface area contributed by atoms with Gasteiger partial charge in [0.15, 0.2) is 0 Å². The van der Waals surface area contributed by atoms with Gasteiger partial charge in [0.05, 0.1) is 52.3 Å². The van der Waals surface area contributed by atoms with Crippen molar-refractivity contribution in [2.24, 2.45) is 0 Å². The number of alkyl halides is 2. The highest BCUT2D eigenvalue weighted by Gasteiger charge is 2.19. The van der Waals surface area contributed by atoms with E-state index < -0.39 is 10.1 Å². The third kappa shape index (κ3) is 31.7. The summed E-state index contributed by atoms with van der Waals surface area (Å²) in [6, 6.07) is 49.9. The van der Waals surface area contributed by atoms with Crippen LogP contribution in [0.2, 0.25) is 0 Å². The predicted octanol–water partition coefficient (Wildman–Crippen LogP) is 7.37. The molecule has 0 fully saturated rings. The lowest BCUT2D eigenvalue weighted by atomic mass is 10.1. The summed E-state index contributed by atoms with van der Waals surface area (Å²) in [5.41, 5.74) is 5.88. The summed E-state index contributed by atoms with van der Waals surface area (Å²) in [7, 11) is 5.93. The van der Waals surface area contributed by atoms with Crippen LogP contribution in [0.25, 0.3) is 0 Å². The summed E-state index contributed by atoms with van der Waals surface area (Å²) in [6.45, 7) is 1.68. The van der Waals surface area contributed by atoms with E-state index in [1.54, 1.807) is 0 Å². The Balaban J connectivity index is 0.000000478. The largest absolute Gasteiger partial charge is 0.395 e. The van der Waals surface area contributed by atoms with Gasteiger partial charge in [0.25, 0.3) is 10.1 Å². The first-order valence-corrected chi connectivity index (χ1v) is 27.0. The molecule has 10 nitrogen and oxygen atoms in total. The Morgan fingerprint density at radius 3 is 0.987 bits per heavy atom. The number of hydrogen-bond donors (Lipinski definition) is 3. The maximum Gasteiger partial charge on any atom is 0.264 e. The van der Waals surface area contributed by atoms with E-state index in [-0.39, 0.29) is 63.4 Å². The maximum atomic E-state index is 12.8. The number of benzene rings is 5. The number of nitrogens with one attached hydrogen (secondary N) is 1. The van der Waals surface area contributed by atoms with Gasteiger partial charge in [-0.25, -0.2) is 8.78 Å². The van der Waals surface area contributed by atoms with Gasteiger partial charge in [0, 0.05) is 30.2 Å². The molecule has 0 aliphatic carbocycles. The Labute approximate surface area is 456 Å². The number of nitrogens with zero attached hydrogens (tertiary/aromatic N) is 4. The Bertz CT molecular complexity index is 2320. The van der Waals surface area contributed by atoms with Crippen molar-refractivity contribution in [1.82, 2.24) is 24.9 Å². The minimum Gasteiger partial charge on any atom is -0.395 e. The van der Waals surface area contributed by atoms with Crippen molar-refractivity contribution in [2.75, 3.05) is 101 Å². The molecule has 0 spiro atoms. The molecular weight excluding hydrogens is 976 g/mol. The fraction of sp³-hybridized carbons (Fsp3) is 0.397. The lowest BCUT2D eigenvalue weighted by Gasteiger charge is -2.25. The molecule has 0 saturated carbocycles. The molecule has 13 heteroatoms. The molecule has 0 saturated heterocycles. The second kappa shape index (κ2) is 42.0. The minimum atomic E-state index is -3.44. The highest BCUT2D eigenvalue weighted by atomic mass is 32.2. The first kappa shape index (κ1) is 67.8. The van der Waals surface area contributed by atoms with E-state index in [1.807, 2.05) is 182 Å². The average Bonchev–Trinajstić information content (AvgIpc) is 3.43. The molecule has 0 aromatic heterocycles. The van der Waals surface area contributed by atoms with E-state index in [4.69, 9.17) is 35.0 Å². The van der Waals surface area contributed by atoms with Crippen LogP contribution in [0, 0.1) is 49.4 Å². The number of rotatable bonds is 26. The first-order valence-electron chi connectivity index (χ1n) is 25.2. The summed E-state index contributed by atoms with van der Waals surface area (Å²) in [4.78, 5) is 7.64. The lowest BCUT2D eigenvalue weighted by Crippen LogP contribution is -2.38. The zero-order valence-corrected chi connectivity index (χ0v) is 46.4. The Kier molecular flexibility index (Phi) is 37.5. The van der Waals surface area contributed by atoms with Crippen LogP contribution in [-0.4, -0.2) is 169 Å². The van der Waals surface area contributed by atoms with Crippen molar-refractivity contribution >= 4 is 10.1 Å². The normalized spacial score (nSPS) is 12.7. The summed E-state index contributed by atoms with van der Waals surface area (Å²) >= 11 is 0. The molecule has 5 aromatic rings. The van der Waals surface area contributed by atoms with Crippen LogP contribution in [0.4, 0.5) is 8.78 Å². The van der Waals surface area contributed by atoms with Crippen LogP contribution in [0.3, 0.4) is 0 Å². The van der Waals surface area contributed by atoms with Crippen molar-refractivity contribution < 1.29 is 31.6 Å². The molecule has 0 amide bonds. The molecule has 5 aromatic carbocycles. The van der Waals surface area contributed by atoms with Crippen molar-refractivity contribution in [3.8, 4) is 49.4 Å². The quantitative estimate of drug-likeness (QED) is 0.0384. The smallest absolute Gasteiger partial charge is 0.264 e. The van der Waals surface area contributed by atoms with Crippen LogP contribution < -0.4 is 5.32 Å². The van der Waals surface area contributed by atoms with Gasteiger partial charge >= 0.3 is 0 Å². The van der Waals surface area contributed by atoms with Crippen molar-refractivity contribution in [3.63, 3.8) is 0 Å². The summed E-state index contributed by atoms with van der Waals surface area (Å²) in [5.74, 6) is 10.2. The monoisotopic (exact) mass is 1060 g/mol. The van der Waals surface area contributed by atoms with Gasteiger partial charge in [-0.1, -0.05) is 175 Å². The van der Waals surface area contributed by atoms with Gasteiger partial charge in [-0.3, -0.25) is 23.8 Å². The van der Waals surface area contributed by atoms with E-state index in [0.29, 0.717) is 45.4 Å². The van der Waals surface area contributed by atoms with Crippen LogP contribution in [0.1, 0.15) is 27.8 Å². The topological polar surface area (TPSA) is 109 Å². The molecule has 410 valence electrons. The Hall–Kier alpha value is -6.17. The van der Waals surface area contributed by atoms with Gasteiger partial charge in [-0.15, -0.1) is 25.7 Å². The van der Waals surface area contributed by atoms with Crippen LogP contribution >= 0.6 is 0 Å². The van der Waals surface area contributed by atoms with Crippen molar-refractivity contribution in [2.45, 2.75) is 62.3 Å². The fourth-order valence-corrected chi connectivity index (χ4v) is 7.76. The number of aliphatic hydroxyl groups excluding tert-OH is 2. The van der Waals surface area contributed by atoms with Crippen LogP contribution in [0.5, 0.6) is 0 Å². The Morgan fingerprint density at radius 1 is 0.474 bits per heavy atom. The maximum absolute atomic E-state index is 12.8. The first-order chi connectivity index (χ1) is 36.6. The molecule has 5 atom stereocenters. The molecule has 5 rings (SSSR count). The highest BCUT2D eigenvalue weighted by molar-refractivity contribution is 7.86. The number of hydrogen-bond acceptors (Lipinski definition) is 10.